The number of nitrogens with zero attached hydrogens (tertiary/aromatic N) is 3. The van der Waals surface area contributed by atoms with Gasteiger partial charge in [0.15, 0.2) is 5.13 Å². The zero-order chi connectivity index (χ0) is 13.4. The number of benzene rings is 1. The lowest BCUT2D eigenvalue weighted by atomic mass is 10.3. The smallest absolute Gasteiger partial charge is 0.188 e. The SMILES string of the molecule is CCc1nn(C)cc1Nc1nc2ccc(N)cc2s1. The summed E-state index contributed by atoms with van der Waals surface area (Å²) in [5.41, 5.74) is 9.56. The molecule has 3 rings (SSSR count). The molecule has 1 aromatic carbocycles. The monoisotopic (exact) mass is 273 g/mol. The van der Waals surface area contributed by atoms with E-state index in [1.165, 1.54) is 0 Å². The van der Waals surface area contributed by atoms with Gasteiger partial charge in [-0.15, -0.1) is 0 Å². The van der Waals surface area contributed by atoms with Crippen LogP contribution in [0.5, 0.6) is 0 Å². The average molecular weight is 273 g/mol. The molecule has 98 valence electrons. The Hall–Kier alpha value is -2.08. The Balaban J connectivity index is 1.96. The predicted molar refractivity (Wildman–Crippen MR) is 79.9 cm³/mol. The largest absolute Gasteiger partial charge is 0.399 e. The lowest BCUT2D eigenvalue weighted by Gasteiger charge is -1.99. The number of nitrogens with one attached hydrogen (secondary N) is 1. The molecule has 0 amide bonds. The number of anilines is 3. The summed E-state index contributed by atoms with van der Waals surface area (Å²) in [5.74, 6) is 0. The summed E-state index contributed by atoms with van der Waals surface area (Å²) in [5, 5.41) is 8.60. The molecular formula is C13H15N5S. The number of fused-ring (bicyclic) bond motifs is 1. The minimum absolute atomic E-state index is 0.762. The van der Waals surface area contributed by atoms with Crippen LogP contribution in [0.4, 0.5) is 16.5 Å². The van der Waals surface area contributed by atoms with E-state index in [4.69, 9.17) is 5.73 Å². The Labute approximate surface area is 115 Å². The van der Waals surface area contributed by atoms with Gasteiger partial charge in [0, 0.05) is 18.9 Å². The van der Waals surface area contributed by atoms with Crippen molar-refractivity contribution in [2.75, 3.05) is 11.1 Å². The van der Waals surface area contributed by atoms with Crippen LogP contribution in [0.25, 0.3) is 10.2 Å². The van der Waals surface area contributed by atoms with Crippen LogP contribution in [0.1, 0.15) is 12.6 Å². The van der Waals surface area contributed by atoms with Crippen molar-refractivity contribution in [3.05, 3.63) is 30.1 Å². The highest BCUT2D eigenvalue weighted by molar-refractivity contribution is 7.22. The van der Waals surface area contributed by atoms with Crippen molar-refractivity contribution in [1.29, 1.82) is 0 Å². The fourth-order valence-electron chi connectivity index (χ4n) is 2.01. The third kappa shape index (κ3) is 2.26. The van der Waals surface area contributed by atoms with Gasteiger partial charge in [0.2, 0.25) is 0 Å². The van der Waals surface area contributed by atoms with Gasteiger partial charge < -0.3 is 11.1 Å². The first-order valence-electron chi connectivity index (χ1n) is 6.11. The Bertz CT molecular complexity index is 728. The van der Waals surface area contributed by atoms with Crippen molar-refractivity contribution in [3.8, 4) is 0 Å². The summed E-state index contributed by atoms with van der Waals surface area (Å²) in [4.78, 5) is 4.55. The molecule has 0 aliphatic rings. The highest BCUT2D eigenvalue weighted by Crippen LogP contribution is 2.30. The minimum atomic E-state index is 0.762. The second kappa shape index (κ2) is 4.55. The average Bonchev–Trinajstić information content (AvgIpc) is 2.92. The van der Waals surface area contributed by atoms with Crippen molar-refractivity contribution in [2.45, 2.75) is 13.3 Å². The summed E-state index contributed by atoms with van der Waals surface area (Å²) in [6, 6.07) is 5.76. The van der Waals surface area contributed by atoms with E-state index in [2.05, 4.69) is 22.3 Å². The quantitative estimate of drug-likeness (QED) is 0.720. The van der Waals surface area contributed by atoms with Crippen LogP contribution in [-0.4, -0.2) is 14.8 Å². The molecule has 0 atom stereocenters. The van der Waals surface area contributed by atoms with Gasteiger partial charge >= 0.3 is 0 Å². The zero-order valence-electron chi connectivity index (χ0n) is 10.8. The van der Waals surface area contributed by atoms with E-state index in [0.29, 0.717) is 0 Å². The second-order valence-electron chi connectivity index (χ2n) is 4.39. The van der Waals surface area contributed by atoms with Crippen molar-refractivity contribution >= 4 is 38.1 Å². The lowest BCUT2D eigenvalue weighted by Crippen LogP contribution is -1.92. The molecular weight excluding hydrogens is 258 g/mol. The molecule has 0 bridgehead atoms. The van der Waals surface area contributed by atoms with Gasteiger partial charge in [-0.25, -0.2) is 4.98 Å². The van der Waals surface area contributed by atoms with E-state index in [0.717, 1.165) is 38.8 Å². The predicted octanol–water partition coefficient (Wildman–Crippen LogP) is 2.92. The van der Waals surface area contributed by atoms with Crippen LogP contribution in [0.2, 0.25) is 0 Å². The van der Waals surface area contributed by atoms with Crippen LogP contribution >= 0.6 is 11.3 Å². The highest BCUT2D eigenvalue weighted by atomic mass is 32.1. The first-order chi connectivity index (χ1) is 9.15. The first kappa shape index (κ1) is 12.0. The maximum absolute atomic E-state index is 5.78. The number of thiazole rings is 1. The molecule has 0 unspecified atom stereocenters. The van der Waals surface area contributed by atoms with Crippen molar-refractivity contribution < 1.29 is 0 Å². The molecule has 2 heterocycles. The van der Waals surface area contributed by atoms with Gasteiger partial charge in [0.1, 0.15) is 0 Å². The molecule has 0 radical (unpaired) electrons. The van der Waals surface area contributed by atoms with E-state index in [1.807, 2.05) is 36.1 Å². The molecule has 0 aliphatic heterocycles. The highest BCUT2D eigenvalue weighted by Gasteiger charge is 2.09. The topological polar surface area (TPSA) is 68.8 Å². The molecule has 0 saturated carbocycles. The van der Waals surface area contributed by atoms with E-state index in [-0.39, 0.29) is 0 Å². The third-order valence-corrected chi connectivity index (χ3v) is 3.83. The summed E-state index contributed by atoms with van der Waals surface area (Å²) < 4.78 is 2.90. The molecule has 19 heavy (non-hydrogen) atoms. The molecule has 3 aromatic rings. The van der Waals surface area contributed by atoms with Crippen LogP contribution in [-0.2, 0) is 13.5 Å². The summed E-state index contributed by atoms with van der Waals surface area (Å²) in [7, 11) is 1.92. The Morgan fingerprint density at radius 2 is 2.26 bits per heavy atom. The van der Waals surface area contributed by atoms with Gasteiger partial charge in [0.05, 0.1) is 21.6 Å². The van der Waals surface area contributed by atoms with Crippen LogP contribution in [0.15, 0.2) is 24.4 Å². The van der Waals surface area contributed by atoms with Crippen LogP contribution in [0, 0.1) is 0 Å². The van der Waals surface area contributed by atoms with Gasteiger partial charge in [-0.05, 0) is 24.6 Å². The van der Waals surface area contributed by atoms with Gasteiger partial charge in [0.25, 0.3) is 0 Å². The fourth-order valence-corrected chi connectivity index (χ4v) is 2.94. The van der Waals surface area contributed by atoms with Gasteiger partial charge in [-0.1, -0.05) is 18.3 Å². The molecule has 0 spiro atoms. The maximum atomic E-state index is 5.78. The molecule has 3 N–H and O–H groups in total. The third-order valence-electron chi connectivity index (χ3n) is 2.89. The Morgan fingerprint density at radius 3 is 3.05 bits per heavy atom. The molecule has 0 fully saturated rings. The second-order valence-corrected chi connectivity index (χ2v) is 5.42. The van der Waals surface area contributed by atoms with Crippen molar-refractivity contribution in [2.24, 2.45) is 7.05 Å². The molecule has 0 aliphatic carbocycles. The standard InChI is InChI=1S/C13H15N5S/c1-3-9-11(7-18(2)17-9)16-13-15-10-5-4-8(14)6-12(10)19-13/h4-7H,3,14H2,1-2H3,(H,15,16). The van der Waals surface area contributed by atoms with E-state index in [1.54, 1.807) is 11.3 Å². The van der Waals surface area contributed by atoms with Crippen molar-refractivity contribution in [3.63, 3.8) is 0 Å². The van der Waals surface area contributed by atoms with E-state index >= 15 is 0 Å². The summed E-state index contributed by atoms with van der Waals surface area (Å²) in [6.45, 7) is 2.09. The number of nitrogen functional groups attached to an aromatic ring is 1. The van der Waals surface area contributed by atoms with Gasteiger partial charge in [-0.2, -0.15) is 5.10 Å². The lowest BCUT2D eigenvalue weighted by molar-refractivity contribution is 0.746. The molecule has 5 nitrogen and oxygen atoms in total. The number of aryl methyl sites for hydroxylation is 2. The minimum Gasteiger partial charge on any atom is -0.399 e. The summed E-state index contributed by atoms with van der Waals surface area (Å²) >= 11 is 1.60. The van der Waals surface area contributed by atoms with Crippen LogP contribution < -0.4 is 11.1 Å². The first-order valence-corrected chi connectivity index (χ1v) is 6.93. The van der Waals surface area contributed by atoms with E-state index < -0.39 is 0 Å². The van der Waals surface area contributed by atoms with Gasteiger partial charge in [-0.3, -0.25) is 4.68 Å². The number of aromatic nitrogens is 3. The normalized spacial score (nSPS) is 11.1. The fraction of sp³-hybridized carbons (Fsp3) is 0.231. The van der Waals surface area contributed by atoms with E-state index in [9.17, 15) is 0 Å². The summed E-state index contributed by atoms with van der Waals surface area (Å²) in [6.07, 6.45) is 2.86. The Kier molecular flexibility index (Phi) is 2.87. The number of hydrogen-bond donors (Lipinski definition) is 2. The zero-order valence-corrected chi connectivity index (χ0v) is 11.7. The number of hydrogen-bond acceptors (Lipinski definition) is 5. The number of rotatable bonds is 3. The van der Waals surface area contributed by atoms with Crippen LogP contribution in [0.3, 0.4) is 0 Å². The molecule has 6 heteroatoms. The van der Waals surface area contributed by atoms with Crippen molar-refractivity contribution in [1.82, 2.24) is 14.8 Å². The Morgan fingerprint density at radius 1 is 1.42 bits per heavy atom. The number of nitrogens with two attached hydrogens (primary N) is 1. The maximum Gasteiger partial charge on any atom is 0.188 e. The molecule has 0 saturated heterocycles. The molecule has 2 aromatic heterocycles.